The standard InChI is InChI=1S/C19H25F3N2O2S/c1-11(2)9-15(17(26)23-12(3)4)24-16(25)10-27-18(24)13-5-7-14(8-6-13)19(20,21)22/h5-8,11-12,15,18H,9-10H2,1-4H3,(H,23,26)/t15-,18-/m0/s1. The first-order chi connectivity index (χ1) is 12.5. The molecule has 1 saturated heterocycles. The highest BCUT2D eigenvalue weighted by Crippen LogP contribution is 2.42. The number of carbonyl (C=O) groups excluding carboxylic acids is 2. The van der Waals surface area contributed by atoms with Gasteiger partial charge >= 0.3 is 6.18 Å². The van der Waals surface area contributed by atoms with Crippen LogP contribution in [0.4, 0.5) is 13.2 Å². The van der Waals surface area contributed by atoms with E-state index >= 15 is 0 Å². The minimum absolute atomic E-state index is 0.0676. The normalized spacial score (nSPS) is 19.1. The molecule has 1 aliphatic rings. The van der Waals surface area contributed by atoms with Crippen LogP contribution in [0.2, 0.25) is 0 Å². The van der Waals surface area contributed by atoms with E-state index in [2.05, 4.69) is 5.32 Å². The van der Waals surface area contributed by atoms with Crippen molar-refractivity contribution in [1.82, 2.24) is 10.2 Å². The second-order valence-electron chi connectivity index (χ2n) is 7.39. The summed E-state index contributed by atoms with van der Waals surface area (Å²) >= 11 is 1.33. The summed E-state index contributed by atoms with van der Waals surface area (Å²) in [6.45, 7) is 7.63. The van der Waals surface area contributed by atoms with Crippen molar-refractivity contribution >= 4 is 23.6 Å². The molecule has 1 aromatic rings. The van der Waals surface area contributed by atoms with Gasteiger partial charge in [0.1, 0.15) is 11.4 Å². The van der Waals surface area contributed by atoms with Crippen LogP contribution in [0.1, 0.15) is 50.6 Å². The molecule has 1 aromatic carbocycles. The smallest absolute Gasteiger partial charge is 0.352 e. The van der Waals surface area contributed by atoms with Crippen molar-refractivity contribution in [3.05, 3.63) is 35.4 Å². The van der Waals surface area contributed by atoms with E-state index < -0.39 is 23.2 Å². The van der Waals surface area contributed by atoms with Gasteiger partial charge in [-0.1, -0.05) is 26.0 Å². The summed E-state index contributed by atoms with van der Waals surface area (Å²) in [5.74, 6) is -0.0182. The molecule has 0 aromatic heterocycles. The number of nitrogens with one attached hydrogen (secondary N) is 1. The van der Waals surface area contributed by atoms with Crippen molar-refractivity contribution in [2.24, 2.45) is 5.92 Å². The summed E-state index contributed by atoms with van der Waals surface area (Å²) in [4.78, 5) is 26.8. The van der Waals surface area contributed by atoms with Crippen LogP contribution in [0.5, 0.6) is 0 Å². The molecule has 0 spiro atoms. The third-order valence-corrected chi connectivity index (χ3v) is 5.42. The zero-order chi connectivity index (χ0) is 20.4. The molecule has 8 heteroatoms. The molecule has 0 bridgehead atoms. The summed E-state index contributed by atoms with van der Waals surface area (Å²) in [6.07, 6.45) is -3.92. The Bertz CT molecular complexity index is 675. The van der Waals surface area contributed by atoms with E-state index in [1.807, 2.05) is 27.7 Å². The van der Waals surface area contributed by atoms with Crippen LogP contribution in [-0.2, 0) is 15.8 Å². The first-order valence-corrected chi connectivity index (χ1v) is 9.96. The summed E-state index contributed by atoms with van der Waals surface area (Å²) in [5, 5.41) is 2.38. The number of hydrogen-bond acceptors (Lipinski definition) is 3. The van der Waals surface area contributed by atoms with Gasteiger partial charge in [-0.15, -0.1) is 11.8 Å². The fourth-order valence-electron chi connectivity index (χ4n) is 3.04. The number of halogens is 3. The third kappa shape index (κ3) is 5.40. The van der Waals surface area contributed by atoms with E-state index in [4.69, 9.17) is 0 Å². The lowest BCUT2D eigenvalue weighted by Crippen LogP contribution is -2.50. The van der Waals surface area contributed by atoms with Crippen molar-refractivity contribution in [1.29, 1.82) is 0 Å². The van der Waals surface area contributed by atoms with Crippen molar-refractivity contribution in [2.75, 3.05) is 5.75 Å². The van der Waals surface area contributed by atoms with Gasteiger partial charge in [0.25, 0.3) is 0 Å². The fraction of sp³-hybridized carbons (Fsp3) is 0.579. The van der Waals surface area contributed by atoms with E-state index in [-0.39, 0.29) is 29.5 Å². The van der Waals surface area contributed by atoms with E-state index in [1.54, 1.807) is 0 Å². The second kappa shape index (κ2) is 8.54. The van der Waals surface area contributed by atoms with Gasteiger partial charge in [0.15, 0.2) is 0 Å². The highest BCUT2D eigenvalue weighted by Gasteiger charge is 2.41. The zero-order valence-corrected chi connectivity index (χ0v) is 16.7. The van der Waals surface area contributed by atoms with Gasteiger partial charge < -0.3 is 10.2 Å². The molecule has 150 valence electrons. The summed E-state index contributed by atoms with van der Waals surface area (Å²) in [7, 11) is 0. The number of alkyl halides is 3. The van der Waals surface area contributed by atoms with Gasteiger partial charge in [-0.05, 0) is 43.9 Å². The fourth-order valence-corrected chi connectivity index (χ4v) is 4.27. The van der Waals surface area contributed by atoms with Crippen molar-refractivity contribution in [3.8, 4) is 0 Å². The molecule has 0 aliphatic carbocycles. The second-order valence-corrected chi connectivity index (χ2v) is 8.46. The molecule has 1 fully saturated rings. The Morgan fingerprint density at radius 3 is 2.30 bits per heavy atom. The predicted octanol–water partition coefficient (Wildman–Crippen LogP) is 4.22. The molecule has 1 N–H and O–H groups in total. The molecule has 1 aliphatic heterocycles. The zero-order valence-electron chi connectivity index (χ0n) is 15.8. The topological polar surface area (TPSA) is 49.4 Å². The van der Waals surface area contributed by atoms with Gasteiger partial charge in [-0.3, -0.25) is 9.59 Å². The van der Waals surface area contributed by atoms with Crippen LogP contribution in [0.15, 0.2) is 24.3 Å². The minimum Gasteiger partial charge on any atom is -0.352 e. The molecule has 2 amide bonds. The van der Waals surface area contributed by atoms with Gasteiger partial charge in [0.05, 0.1) is 11.3 Å². The van der Waals surface area contributed by atoms with E-state index in [0.29, 0.717) is 12.0 Å². The molecule has 4 nitrogen and oxygen atoms in total. The lowest BCUT2D eigenvalue weighted by molar-refractivity contribution is -0.139. The Labute approximate surface area is 161 Å². The quantitative estimate of drug-likeness (QED) is 0.775. The Balaban J connectivity index is 2.32. The van der Waals surface area contributed by atoms with Crippen LogP contribution in [-0.4, -0.2) is 34.6 Å². The maximum Gasteiger partial charge on any atom is 0.416 e. The van der Waals surface area contributed by atoms with Crippen LogP contribution in [0, 0.1) is 5.92 Å². The average Bonchev–Trinajstić information content (AvgIpc) is 2.92. The van der Waals surface area contributed by atoms with Gasteiger partial charge in [0.2, 0.25) is 11.8 Å². The number of amides is 2. The van der Waals surface area contributed by atoms with E-state index in [0.717, 1.165) is 12.1 Å². The number of rotatable bonds is 6. The van der Waals surface area contributed by atoms with E-state index in [9.17, 15) is 22.8 Å². The lowest BCUT2D eigenvalue weighted by Gasteiger charge is -2.33. The minimum atomic E-state index is -4.41. The number of carbonyl (C=O) groups is 2. The average molecular weight is 402 g/mol. The lowest BCUT2D eigenvalue weighted by atomic mass is 10.00. The molecular formula is C19H25F3N2O2S. The first-order valence-electron chi connectivity index (χ1n) is 8.91. The van der Waals surface area contributed by atoms with Gasteiger partial charge in [-0.25, -0.2) is 0 Å². The molecule has 27 heavy (non-hydrogen) atoms. The van der Waals surface area contributed by atoms with E-state index in [1.165, 1.54) is 28.8 Å². The molecule has 0 saturated carbocycles. The monoisotopic (exact) mass is 402 g/mol. The third-order valence-electron chi connectivity index (χ3n) is 4.19. The number of nitrogens with zero attached hydrogens (tertiary/aromatic N) is 1. The van der Waals surface area contributed by atoms with Gasteiger partial charge in [0, 0.05) is 6.04 Å². The van der Waals surface area contributed by atoms with Crippen LogP contribution in [0.3, 0.4) is 0 Å². The SMILES string of the molecule is CC(C)C[C@@H](C(=O)NC(C)C)N1C(=O)CS[C@H]1c1ccc(C(F)(F)F)cc1. The highest BCUT2D eigenvalue weighted by molar-refractivity contribution is 8.00. The maximum atomic E-state index is 12.8. The maximum absolute atomic E-state index is 12.8. The molecule has 0 unspecified atom stereocenters. The molecule has 2 atom stereocenters. The summed E-state index contributed by atoms with van der Waals surface area (Å²) in [6, 6.07) is 4.09. The predicted molar refractivity (Wildman–Crippen MR) is 100 cm³/mol. The van der Waals surface area contributed by atoms with Crippen LogP contribution >= 0.6 is 11.8 Å². The van der Waals surface area contributed by atoms with Gasteiger partial charge in [-0.2, -0.15) is 13.2 Å². The Hall–Kier alpha value is -1.70. The number of hydrogen-bond donors (Lipinski definition) is 1. The Morgan fingerprint density at radius 1 is 1.22 bits per heavy atom. The summed E-state index contributed by atoms with van der Waals surface area (Å²) in [5.41, 5.74) is -0.145. The van der Waals surface area contributed by atoms with Crippen molar-refractivity contribution in [2.45, 2.75) is 57.7 Å². The van der Waals surface area contributed by atoms with Crippen molar-refractivity contribution in [3.63, 3.8) is 0 Å². The van der Waals surface area contributed by atoms with Crippen LogP contribution in [0.25, 0.3) is 0 Å². The Kier molecular flexibility index (Phi) is 6.83. The molecule has 2 rings (SSSR count). The number of benzene rings is 1. The largest absolute Gasteiger partial charge is 0.416 e. The Morgan fingerprint density at radius 2 is 1.81 bits per heavy atom. The first kappa shape index (κ1) is 21.6. The summed E-state index contributed by atoms with van der Waals surface area (Å²) < 4.78 is 38.4. The highest BCUT2D eigenvalue weighted by atomic mass is 32.2. The number of thioether (sulfide) groups is 1. The van der Waals surface area contributed by atoms with Crippen LogP contribution < -0.4 is 5.32 Å². The molecular weight excluding hydrogens is 377 g/mol. The molecule has 1 heterocycles. The van der Waals surface area contributed by atoms with Crippen molar-refractivity contribution < 1.29 is 22.8 Å². The molecule has 0 radical (unpaired) electrons.